The Hall–Kier alpha value is -1.40. The van der Waals surface area contributed by atoms with Gasteiger partial charge in [-0.3, -0.25) is 9.36 Å². The fourth-order valence-electron chi connectivity index (χ4n) is 1.18. The first-order valence-corrected chi connectivity index (χ1v) is 5.19. The zero-order valence-corrected chi connectivity index (χ0v) is 9.27. The third kappa shape index (κ3) is 4.00. The van der Waals surface area contributed by atoms with Gasteiger partial charge in [0.2, 0.25) is 0 Å². The van der Waals surface area contributed by atoms with Crippen LogP contribution in [-0.2, 0) is 16.0 Å². The molecular formula is C10H16N2O4. The second-order valence-corrected chi connectivity index (χ2v) is 3.08. The van der Waals surface area contributed by atoms with Gasteiger partial charge in [-0.15, -0.1) is 0 Å². The fourth-order valence-corrected chi connectivity index (χ4v) is 1.18. The van der Waals surface area contributed by atoms with Gasteiger partial charge in [0, 0.05) is 18.9 Å². The van der Waals surface area contributed by atoms with Crippen molar-refractivity contribution >= 4 is 0 Å². The van der Waals surface area contributed by atoms with Gasteiger partial charge in [0.25, 0.3) is 5.56 Å². The van der Waals surface area contributed by atoms with Crippen LogP contribution in [0.15, 0.2) is 21.9 Å². The van der Waals surface area contributed by atoms with Crippen LogP contribution in [0, 0.1) is 0 Å². The van der Waals surface area contributed by atoms with E-state index in [-0.39, 0.29) is 12.1 Å². The topological polar surface area (TPSA) is 73.3 Å². The lowest BCUT2D eigenvalue weighted by Gasteiger charge is -2.05. The predicted octanol–water partition coefficient (Wildman–Crippen LogP) is -0.410. The SMILES string of the molecule is CCOCCOCCn1c(=O)cc[nH]c1=O. The molecule has 0 atom stereocenters. The molecule has 6 nitrogen and oxygen atoms in total. The largest absolute Gasteiger partial charge is 0.379 e. The van der Waals surface area contributed by atoms with E-state index in [9.17, 15) is 9.59 Å². The van der Waals surface area contributed by atoms with Gasteiger partial charge in [0.15, 0.2) is 0 Å². The van der Waals surface area contributed by atoms with E-state index in [4.69, 9.17) is 9.47 Å². The molecular weight excluding hydrogens is 212 g/mol. The summed E-state index contributed by atoms with van der Waals surface area (Å²) in [5, 5.41) is 0. The maximum atomic E-state index is 11.3. The lowest BCUT2D eigenvalue weighted by atomic mass is 10.6. The van der Waals surface area contributed by atoms with Crippen molar-refractivity contribution in [2.24, 2.45) is 0 Å². The summed E-state index contributed by atoms with van der Waals surface area (Å²) in [5.74, 6) is 0. The van der Waals surface area contributed by atoms with E-state index < -0.39 is 5.69 Å². The smallest absolute Gasteiger partial charge is 0.328 e. The van der Waals surface area contributed by atoms with Crippen LogP contribution in [0.4, 0.5) is 0 Å². The summed E-state index contributed by atoms with van der Waals surface area (Å²) in [6.45, 7) is 4.12. The first-order valence-electron chi connectivity index (χ1n) is 5.19. The van der Waals surface area contributed by atoms with Crippen molar-refractivity contribution < 1.29 is 9.47 Å². The molecule has 0 aliphatic heterocycles. The molecule has 1 heterocycles. The van der Waals surface area contributed by atoms with E-state index >= 15 is 0 Å². The summed E-state index contributed by atoms with van der Waals surface area (Å²) in [6.07, 6.45) is 1.33. The molecule has 1 aromatic heterocycles. The van der Waals surface area contributed by atoms with E-state index in [1.54, 1.807) is 0 Å². The Morgan fingerprint density at radius 1 is 1.25 bits per heavy atom. The standard InChI is InChI=1S/C10H16N2O4/c1-2-15-7-8-16-6-5-12-9(13)3-4-11-10(12)14/h3-4H,2,5-8H2,1H3,(H,11,14). The van der Waals surface area contributed by atoms with Crippen LogP contribution >= 0.6 is 0 Å². The van der Waals surface area contributed by atoms with Crippen LogP contribution in [0.2, 0.25) is 0 Å². The van der Waals surface area contributed by atoms with E-state index in [1.807, 2.05) is 6.92 Å². The zero-order valence-electron chi connectivity index (χ0n) is 9.27. The molecule has 90 valence electrons. The van der Waals surface area contributed by atoms with E-state index in [2.05, 4.69) is 4.98 Å². The second kappa shape index (κ2) is 6.97. The van der Waals surface area contributed by atoms with E-state index in [0.717, 1.165) is 4.57 Å². The minimum atomic E-state index is -0.416. The lowest BCUT2D eigenvalue weighted by molar-refractivity contribution is 0.0491. The number of nitrogens with zero attached hydrogens (tertiary/aromatic N) is 1. The third-order valence-electron chi connectivity index (χ3n) is 1.98. The number of rotatable bonds is 7. The second-order valence-electron chi connectivity index (χ2n) is 3.08. The fraction of sp³-hybridized carbons (Fsp3) is 0.600. The monoisotopic (exact) mass is 228 g/mol. The molecule has 0 aromatic carbocycles. The molecule has 1 rings (SSSR count). The number of aromatic amines is 1. The Bertz CT molecular complexity index is 382. The Morgan fingerprint density at radius 2 is 2.00 bits per heavy atom. The van der Waals surface area contributed by atoms with Crippen LogP contribution in [0.5, 0.6) is 0 Å². The maximum Gasteiger partial charge on any atom is 0.328 e. The average Bonchev–Trinajstić information content (AvgIpc) is 2.26. The molecule has 0 spiro atoms. The van der Waals surface area contributed by atoms with Crippen molar-refractivity contribution in [2.75, 3.05) is 26.4 Å². The summed E-state index contributed by atoms with van der Waals surface area (Å²) < 4.78 is 11.4. The normalized spacial score (nSPS) is 10.6. The Kier molecular flexibility index (Phi) is 5.52. The predicted molar refractivity (Wildman–Crippen MR) is 58.6 cm³/mol. The van der Waals surface area contributed by atoms with Crippen LogP contribution in [-0.4, -0.2) is 36.0 Å². The van der Waals surface area contributed by atoms with E-state index in [0.29, 0.717) is 26.4 Å². The van der Waals surface area contributed by atoms with Crippen molar-refractivity contribution in [3.05, 3.63) is 33.1 Å². The van der Waals surface area contributed by atoms with Crippen LogP contribution < -0.4 is 11.2 Å². The molecule has 1 N–H and O–H groups in total. The highest BCUT2D eigenvalue weighted by Gasteiger charge is 1.99. The minimum absolute atomic E-state index is 0.251. The molecule has 0 aliphatic carbocycles. The van der Waals surface area contributed by atoms with Gasteiger partial charge < -0.3 is 14.5 Å². The summed E-state index contributed by atoms with van der Waals surface area (Å²) >= 11 is 0. The van der Waals surface area contributed by atoms with Gasteiger partial charge in [-0.05, 0) is 6.92 Å². The van der Waals surface area contributed by atoms with Crippen LogP contribution in [0.1, 0.15) is 6.92 Å². The highest BCUT2D eigenvalue weighted by molar-refractivity contribution is 4.82. The number of nitrogens with one attached hydrogen (secondary N) is 1. The summed E-state index contributed by atoms with van der Waals surface area (Å²) in [5.41, 5.74) is -0.738. The van der Waals surface area contributed by atoms with Gasteiger partial charge in [0.1, 0.15) is 0 Å². The Balaban J connectivity index is 2.32. The molecule has 0 bridgehead atoms. The van der Waals surface area contributed by atoms with Gasteiger partial charge in [-0.1, -0.05) is 0 Å². The van der Waals surface area contributed by atoms with Crippen molar-refractivity contribution in [2.45, 2.75) is 13.5 Å². The van der Waals surface area contributed by atoms with Crippen molar-refractivity contribution in [3.63, 3.8) is 0 Å². The van der Waals surface area contributed by atoms with Gasteiger partial charge in [-0.2, -0.15) is 0 Å². The van der Waals surface area contributed by atoms with Crippen molar-refractivity contribution in [1.82, 2.24) is 9.55 Å². The number of ether oxygens (including phenoxy) is 2. The molecule has 1 aromatic rings. The Labute approximate surface area is 92.8 Å². The first-order chi connectivity index (χ1) is 7.75. The van der Waals surface area contributed by atoms with Crippen molar-refractivity contribution in [3.8, 4) is 0 Å². The van der Waals surface area contributed by atoms with Gasteiger partial charge in [0.05, 0.1) is 26.4 Å². The molecule has 16 heavy (non-hydrogen) atoms. The molecule has 0 saturated carbocycles. The van der Waals surface area contributed by atoms with Crippen molar-refractivity contribution in [1.29, 1.82) is 0 Å². The quantitative estimate of drug-likeness (QED) is 0.644. The maximum absolute atomic E-state index is 11.3. The van der Waals surface area contributed by atoms with Crippen LogP contribution in [0.3, 0.4) is 0 Å². The summed E-state index contributed by atoms with van der Waals surface area (Å²) in [4.78, 5) is 24.9. The average molecular weight is 228 g/mol. The summed E-state index contributed by atoms with van der Waals surface area (Å²) in [7, 11) is 0. The zero-order chi connectivity index (χ0) is 11.8. The molecule has 0 fully saturated rings. The molecule has 0 amide bonds. The Morgan fingerprint density at radius 3 is 2.69 bits per heavy atom. The summed E-state index contributed by atoms with van der Waals surface area (Å²) in [6, 6.07) is 1.31. The molecule has 0 radical (unpaired) electrons. The number of hydrogen-bond acceptors (Lipinski definition) is 4. The number of H-pyrrole nitrogens is 1. The van der Waals surface area contributed by atoms with Crippen LogP contribution in [0.25, 0.3) is 0 Å². The van der Waals surface area contributed by atoms with Gasteiger partial charge >= 0.3 is 5.69 Å². The highest BCUT2D eigenvalue weighted by Crippen LogP contribution is 1.80. The lowest BCUT2D eigenvalue weighted by Crippen LogP contribution is -2.35. The highest BCUT2D eigenvalue weighted by atomic mass is 16.5. The molecule has 6 heteroatoms. The van der Waals surface area contributed by atoms with E-state index in [1.165, 1.54) is 12.3 Å². The number of aromatic nitrogens is 2. The third-order valence-corrected chi connectivity index (χ3v) is 1.98. The molecule has 0 aliphatic rings. The molecule has 0 saturated heterocycles. The first kappa shape index (κ1) is 12.7. The minimum Gasteiger partial charge on any atom is -0.379 e. The number of hydrogen-bond donors (Lipinski definition) is 1. The molecule has 0 unspecified atom stereocenters. The van der Waals surface area contributed by atoms with Gasteiger partial charge in [-0.25, -0.2) is 4.79 Å².